The molecule has 0 saturated heterocycles. The Morgan fingerprint density at radius 2 is 1.90 bits per heavy atom. The molecule has 1 heterocycles. The summed E-state index contributed by atoms with van der Waals surface area (Å²) >= 11 is 5.61. The fourth-order valence-corrected chi connectivity index (χ4v) is 3.81. The van der Waals surface area contributed by atoms with Crippen molar-refractivity contribution >= 4 is 28.2 Å². The van der Waals surface area contributed by atoms with Crippen LogP contribution in [0.25, 0.3) is 10.9 Å². The zero-order valence-electron chi connectivity index (χ0n) is 18.8. The number of aromatic amines is 1. The maximum Gasteiger partial charge on any atom is 0.253 e. The van der Waals surface area contributed by atoms with Crippen LogP contribution in [0.15, 0.2) is 23.0 Å². The van der Waals surface area contributed by atoms with Crippen LogP contribution in [0.3, 0.4) is 0 Å². The normalized spacial score (nSPS) is 11.3. The molecule has 0 aliphatic heterocycles. The van der Waals surface area contributed by atoms with Gasteiger partial charge in [0.25, 0.3) is 5.56 Å². The number of thiocarbonyl (C=S) groups is 1. The van der Waals surface area contributed by atoms with Gasteiger partial charge in [-0.3, -0.25) is 4.79 Å². The van der Waals surface area contributed by atoms with Crippen LogP contribution in [0.4, 0.5) is 0 Å². The number of H-pyrrole nitrogens is 1. The van der Waals surface area contributed by atoms with Crippen molar-refractivity contribution in [1.82, 2.24) is 20.1 Å². The zero-order valence-corrected chi connectivity index (χ0v) is 19.6. The molecule has 2 rings (SSSR count). The van der Waals surface area contributed by atoms with Crippen LogP contribution in [0.2, 0.25) is 0 Å². The van der Waals surface area contributed by atoms with Crippen molar-refractivity contribution in [2.75, 3.05) is 39.3 Å². The van der Waals surface area contributed by atoms with Crippen molar-refractivity contribution in [2.45, 2.75) is 47.1 Å². The Kier molecular flexibility index (Phi) is 9.75. The largest absolute Gasteiger partial charge is 0.396 e. The molecule has 0 amide bonds. The van der Waals surface area contributed by atoms with Gasteiger partial charge in [-0.1, -0.05) is 26.0 Å². The molecule has 0 atom stereocenters. The topological polar surface area (TPSA) is 71.6 Å². The van der Waals surface area contributed by atoms with Gasteiger partial charge in [-0.2, -0.15) is 0 Å². The second-order valence-corrected chi connectivity index (χ2v) is 8.09. The van der Waals surface area contributed by atoms with E-state index < -0.39 is 0 Å². The highest BCUT2D eigenvalue weighted by Gasteiger charge is 2.14. The molecule has 0 saturated carbocycles. The van der Waals surface area contributed by atoms with Gasteiger partial charge in [-0.15, -0.1) is 0 Å². The SMILES string of the molecule is CCN(CC)CCCNC(=S)N(CCCO)Cc1cc2ccc(C)c(C)c2[nH]c1=O. The van der Waals surface area contributed by atoms with Gasteiger partial charge >= 0.3 is 0 Å². The van der Waals surface area contributed by atoms with Gasteiger partial charge < -0.3 is 25.2 Å². The highest BCUT2D eigenvalue weighted by molar-refractivity contribution is 7.80. The lowest BCUT2D eigenvalue weighted by Gasteiger charge is -2.26. The van der Waals surface area contributed by atoms with E-state index in [0.717, 1.165) is 54.6 Å². The summed E-state index contributed by atoms with van der Waals surface area (Å²) in [5.74, 6) is 0. The first kappa shape index (κ1) is 24.3. The molecular weight excluding hydrogens is 396 g/mol. The number of aliphatic hydroxyl groups is 1. The Labute approximate surface area is 185 Å². The highest BCUT2D eigenvalue weighted by Crippen LogP contribution is 2.19. The molecule has 166 valence electrons. The number of aromatic nitrogens is 1. The van der Waals surface area contributed by atoms with Crippen LogP contribution in [0, 0.1) is 13.8 Å². The Morgan fingerprint density at radius 3 is 2.57 bits per heavy atom. The molecular formula is C23H36N4O2S. The maximum absolute atomic E-state index is 12.7. The van der Waals surface area contributed by atoms with Crippen LogP contribution < -0.4 is 10.9 Å². The van der Waals surface area contributed by atoms with Crippen molar-refractivity contribution in [3.05, 3.63) is 45.2 Å². The Hall–Kier alpha value is -1.96. The predicted octanol–water partition coefficient (Wildman–Crippen LogP) is 2.94. The first-order valence-corrected chi connectivity index (χ1v) is 11.3. The molecule has 1 aromatic carbocycles. The van der Waals surface area contributed by atoms with E-state index in [0.29, 0.717) is 30.2 Å². The molecule has 30 heavy (non-hydrogen) atoms. The molecule has 0 aliphatic rings. The summed E-state index contributed by atoms with van der Waals surface area (Å²) in [4.78, 5) is 20.1. The molecule has 0 radical (unpaired) electrons. The van der Waals surface area contributed by atoms with Crippen LogP contribution in [0.1, 0.15) is 43.4 Å². The first-order valence-electron chi connectivity index (χ1n) is 10.9. The van der Waals surface area contributed by atoms with Gasteiger partial charge in [-0.25, -0.2) is 0 Å². The van der Waals surface area contributed by atoms with Crippen molar-refractivity contribution in [3.63, 3.8) is 0 Å². The second kappa shape index (κ2) is 12.0. The first-order chi connectivity index (χ1) is 14.4. The molecule has 3 N–H and O–H groups in total. The fraction of sp³-hybridized carbons (Fsp3) is 0.565. The minimum atomic E-state index is -0.0884. The van der Waals surface area contributed by atoms with Gasteiger partial charge in [-0.05, 0) is 81.1 Å². The van der Waals surface area contributed by atoms with Crippen molar-refractivity contribution in [2.24, 2.45) is 0 Å². The number of pyridine rings is 1. The highest BCUT2D eigenvalue weighted by atomic mass is 32.1. The van der Waals surface area contributed by atoms with Crippen LogP contribution in [0.5, 0.6) is 0 Å². The smallest absolute Gasteiger partial charge is 0.253 e. The third kappa shape index (κ3) is 6.52. The van der Waals surface area contributed by atoms with Gasteiger partial charge in [0.05, 0.1) is 12.1 Å². The standard InChI is InChI=1S/C23H36N4O2S/c1-5-26(6-2)12-7-11-24-23(30)27(13-8-14-28)16-20-15-19-10-9-17(3)18(4)21(19)25-22(20)29/h9-10,15,28H,5-8,11-14,16H2,1-4H3,(H,24,30)(H,25,29). The van der Waals surface area contributed by atoms with E-state index in [1.165, 1.54) is 0 Å². The van der Waals surface area contributed by atoms with Crippen molar-refractivity contribution in [1.29, 1.82) is 0 Å². The van der Waals surface area contributed by atoms with Crippen LogP contribution in [-0.2, 0) is 6.54 Å². The van der Waals surface area contributed by atoms with Gasteiger partial charge in [0, 0.05) is 25.3 Å². The molecule has 0 fully saturated rings. The average Bonchev–Trinajstić information content (AvgIpc) is 2.74. The number of aliphatic hydroxyl groups excluding tert-OH is 1. The maximum atomic E-state index is 12.7. The van der Waals surface area contributed by atoms with Crippen LogP contribution in [-0.4, -0.2) is 64.3 Å². The van der Waals surface area contributed by atoms with E-state index in [-0.39, 0.29) is 12.2 Å². The Morgan fingerprint density at radius 1 is 1.17 bits per heavy atom. The third-order valence-corrected chi connectivity index (χ3v) is 6.09. The third-order valence-electron chi connectivity index (χ3n) is 5.68. The summed E-state index contributed by atoms with van der Waals surface area (Å²) in [6, 6.07) is 6.07. The number of nitrogens with zero attached hydrogens (tertiary/aromatic N) is 2. The van der Waals surface area contributed by atoms with E-state index in [4.69, 9.17) is 12.2 Å². The minimum Gasteiger partial charge on any atom is -0.396 e. The van der Waals surface area contributed by atoms with E-state index in [2.05, 4.69) is 35.1 Å². The summed E-state index contributed by atoms with van der Waals surface area (Å²) in [5.41, 5.74) is 3.73. The van der Waals surface area contributed by atoms with Gasteiger partial charge in [0.15, 0.2) is 5.11 Å². The molecule has 0 unspecified atom stereocenters. The number of fused-ring (bicyclic) bond motifs is 1. The summed E-state index contributed by atoms with van der Waals surface area (Å²) in [6.45, 7) is 13.4. The quantitative estimate of drug-likeness (QED) is 0.375. The summed E-state index contributed by atoms with van der Waals surface area (Å²) in [7, 11) is 0. The molecule has 0 spiro atoms. The minimum absolute atomic E-state index is 0.0884. The predicted molar refractivity (Wildman–Crippen MR) is 129 cm³/mol. The number of hydrogen-bond acceptors (Lipinski definition) is 4. The summed E-state index contributed by atoms with van der Waals surface area (Å²) in [5, 5.41) is 14.3. The summed E-state index contributed by atoms with van der Waals surface area (Å²) in [6.07, 6.45) is 1.61. The van der Waals surface area contributed by atoms with E-state index in [1.807, 2.05) is 30.9 Å². The molecule has 7 heteroatoms. The van der Waals surface area contributed by atoms with Crippen molar-refractivity contribution < 1.29 is 5.11 Å². The average molecular weight is 433 g/mol. The number of hydrogen-bond donors (Lipinski definition) is 3. The number of benzene rings is 1. The van der Waals surface area contributed by atoms with Gasteiger partial charge in [0.1, 0.15) is 0 Å². The Bertz CT molecular complexity index is 893. The molecule has 2 aromatic rings. The van der Waals surface area contributed by atoms with Gasteiger partial charge in [0.2, 0.25) is 0 Å². The van der Waals surface area contributed by atoms with Crippen LogP contribution >= 0.6 is 12.2 Å². The van der Waals surface area contributed by atoms with E-state index in [9.17, 15) is 9.90 Å². The number of aryl methyl sites for hydroxylation is 2. The lowest BCUT2D eigenvalue weighted by atomic mass is 10.0. The molecule has 0 aliphatic carbocycles. The number of nitrogens with one attached hydrogen (secondary N) is 2. The number of rotatable bonds is 11. The van der Waals surface area contributed by atoms with E-state index in [1.54, 1.807) is 0 Å². The fourth-order valence-electron chi connectivity index (χ4n) is 3.56. The molecule has 1 aromatic heterocycles. The van der Waals surface area contributed by atoms with E-state index >= 15 is 0 Å². The second-order valence-electron chi connectivity index (χ2n) is 7.71. The summed E-state index contributed by atoms with van der Waals surface area (Å²) < 4.78 is 0. The monoisotopic (exact) mass is 432 g/mol. The lowest BCUT2D eigenvalue weighted by Crippen LogP contribution is -2.42. The lowest BCUT2D eigenvalue weighted by molar-refractivity contribution is 0.263. The zero-order chi connectivity index (χ0) is 22.1. The molecule has 6 nitrogen and oxygen atoms in total. The molecule has 0 bridgehead atoms. The Balaban J connectivity index is 2.10. The van der Waals surface area contributed by atoms with Crippen molar-refractivity contribution in [3.8, 4) is 0 Å².